The third-order valence-corrected chi connectivity index (χ3v) is 4.19. The van der Waals surface area contributed by atoms with Gasteiger partial charge in [0.1, 0.15) is 6.54 Å². The van der Waals surface area contributed by atoms with Crippen molar-refractivity contribution in [1.82, 2.24) is 15.5 Å². The fourth-order valence-electron chi connectivity index (χ4n) is 2.28. The summed E-state index contributed by atoms with van der Waals surface area (Å²) in [5.41, 5.74) is 0.977. The van der Waals surface area contributed by atoms with Crippen LogP contribution in [0.3, 0.4) is 0 Å². The first-order valence-electron chi connectivity index (χ1n) is 7.77. The average Bonchev–Trinajstić information content (AvgIpc) is 2.51. The second-order valence-corrected chi connectivity index (χ2v) is 6.37. The van der Waals surface area contributed by atoms with E-state index in [-0.39, 0.29) is 12.6 Å². The maximum Gasteiger partial charge on any atom is 0.405 e. The Morgan fingerprint density at radius 1 is 1.28 bits per heavy atom. The lowest BCUT2D eigenvalue weighted by molar-refractivity contribution is -0.125. The Bertz CT molecular complexity index is 596. The third kappa shape index (κ3) is 7.87. The normalized spacial score (nSPS) is 12.8. The second kappa shape index (κ2) is 9.76. The van der Waals surface area contributed by atoms with Crippen LogP contribution in [0.4, 0.5) is 18.0 Å². The molecule has 5 nitrogen and oxygen atoms in total. The highest BCUT2D eigenvalue weighted by Gasteiger charge is 2.28. The van der Waals surface area contributed by atoms with Crippen molar-refractivity contribution < 1.29 is 22.8 Å². The van der Waals surface area contributed by atoms with Crippen molar-refractivity contribution in [1.29, 1.82) is 0 Å². The standard InChI is InChI=1S/C16H21BrF3N3O2/c1-3-8-23(11(2)12-6-4-5-7-13(12)17)9-14(24)22-15(25)21-10-16(18,19)20/h4-7,11H,3,8-10H2,1-2H3,(H2,21,22,24,25). The molecule has 0 aromatic heterocycles. The maximum atomic E-state index is 12.1. The molecule has 0 aliphatic heterocycles. The molecule has 140 valence electrons. The van der Waals surface area contributed by atoms with Crippen LogP contribution < -0.4 is 10.6 Å². The van der Waals surface area contributed by atoms with Crippen LogP contribution in [0.25, 0.3) is 0 Å². The average molecular weight is 424 g/mol. The Hall–Kier alpha value is -1.61. The van der Waals surface area contributed by atoms with Crippen LogP contribution in [0.5, 0.6) is 0 Å². The summed E-state index contributed by atoms with van der Waals surface area (Å²) in [7, 11) is 0. The highest BCUT2D eigenvalue weighted by Crippen LogP contribution is 2.27. The van der Waals surface area contributed by atoms with E-state index in [1.54, 1.807) is 5.32 Å². The maximum absolute atomic E-state index is 12.1. The molecule has 0 saturated heterocycles. The summed E-state index contributed by atoms with van der Waals surface area (Å²) in [5, 5.41) is 3.53. The second-order valence-electron chi connectivity index (χ2n) is 5.51. The van der Waals surface area contributed by atoms with Gasteiger partial charge in [-0.05, 0) is 31.5 Å². The molecule has 25 heavy (non-hydrogen) atoms. The smallest absolute Gasteiger partial charge is 0.329 e. The molecule has 0 radical (unpaired) electrons. The molecule has 1 aromatic carbocycles. The van der Waals surface area contributed by atoms with E-state index in [1.807, 2.05) is 48.3 Å². The molecule has 0 aliphatic carbocycles. The van der Waals surface area contributed by atoms with E-state index in [4.69, 9.17) is 0 Å². The number of benzene rings is 1. The van der Waals surface area contributed by atoms with Crippen LogP contribution in [0, 0.1) is 0 Å². The number of halogens is 4. The molecule has 0 aliphatic rings. The van der Waals surface area contributed by atoms with Gasteiger partial charge in [0.2, 0.25) is 5.91 Å². The molecule has 0 saturated carbocycles. The van der Waals surface area contributed by atoms with Crippen LogP contribution >= 0.6 is 15.9 Å². The number of nitrogens with zero attached hydrogens (tertiary/aromatic N) is 1. The van der Waals surface area contributed by atoms with Gasteiger partial charge in [0.05, 0.1) is 6.54 Å². The van der Waals surface area contributed by atoms with Gasteiger partial charge < -0.3 is 5.32 Å². The fraction of sp³-hybridized carbons (Fsp3) is 0.500. The number of hydrogen-bond donors (Lipinski definition) is 2. The van der Waals surface area contributed by atoms with Crippen LogP contribution in [-0.2, 0) is 4.79 Å². The van der Waals surface area contributed by atoms with Gasteiger partial charge in [0, 0.05) is 10.5 Å². The van der Waals surface area contributed by atoms with Crippen molar-refractivity contribution in [2.75, 3.05) is 19.6 Å². The predicted octanol–water partition coefficient (Wildman–Crippen LogP) is 3.61. The monoisotopic (exact) mass is 423 g/mol. The quantitative estimate of drug-likeness (QED) is 0.703. The number of nitrogens with one attached hydrogen (secondary N) is 2. The van der Waals surface area contributed by atoms with Crippen LogP contribution in [0.2, 0.25) is 0 Å². The minimum absolute atomic E-state index is 0.101. The van der Waals surface area contributed by atoms with Gasteiger partial charge in [0.25, 0.3) is 0 Å². The Morgan fingerprint density at radius 2 is 1.92 bits per heavy atom. The minimum atomic E-state index is -4.53. The van der Waals surface area contributed by atoms with E-state index in [0.717, 1.165) is 16.5 Å². The zero-order valence-corrected chi connectivity index (χ0v) is 15.6. The number of hydrogen-bond acceptors (Lipinski definition) is 3. The predicted molar refractivity (Wildman–Crippen MR) is 92.0 cm³/mol. The van der Waals surface area contributed by atoms with Crippen LogP contribution in [0.1, 0.15) is 31.9 Å². The van der Waals surface area contributed by atoms with E-state index in [2.05, 4.69) is 15.9 Å². The zero-order valence-electron chi connectivity index (χ0n) is 14.0. The largest absolute Gasteiger partial charge is 0.405 e. The van der Waals surface area contributed by atoms with E-state index in [1.165, 1.54) is 0 Å². The first-order valence-corrected chi connectivity index (χ1v) is 8.56. The molecule has 0 fully saturated rings. The Balaban J connectivity index is 2.66. The number of alkyl halides is 3. The summed E-state index contributed by atoms with van der Waals surface area (Å²) in [4.78, 5) is 25.2. The van der Waals surface area contributed by atoms with Crippen LogP contribution in [-0.4, -0.2) is 42.6 Å². The molecule has 3 amide bonds. The van der Waals surface area contributed by atoms with Gasteiger partial charge >= 0.3 is 12.2 Å². The lowest BCUT2D eigenvalue weighted by Gasteiger charge is -2.29. The van der Waals surface area contributed by atoms with Crippen molar-refractivity contribution in [3.63, 3.8) is 0 Å². The summed E-state index contributed by atoms with van der Waals surface area (Å²) >= 11 is 3.46. The van der Waals surface area contributed by atoms with Gasteiger partial charge in [0.15, 0.2) is 0 Å². The molecule has 0 heterocycles. The van der Waals surface area contributed by atoms with Crippen molar-refractivity contribution >= 4 is 27.9 Å². The topological polar surface area (TPSA) is 61.4 Å². The molecule has 9 heteroatoms. The fourth-order valence-corrected chi connectivity index (χ4v) is 2.90. The summed E-state index contributed by atoms with van der Waals surface area (Å²) in [6, 6.07) is 6.30. The molecular weight excluding hydrogens is 403 g/mol. The molecule has 0 spiro atoms. The first kappa shape index (κ1) is 21.4. The summed E-state index contributed by atoms with van der Waals surface area (Å²) in [6.45, 7) is 2.88. The molecule has 0 bridgehead atoms. The van der Waals surface area contributed by atoms with Crippen molar-refractivity contribution in [3.05, 3.63) is 34.3 Å². The van der Waals surface area contributed by atoms with Gasteiger partial charge in [-0.25, -0.2) is 4.79 Å². The molecule has 1 aromatic rings. The third-order valence-electron chi connectivity index (χ3n) is 3.46. The highest BCUT2D eigenvalue weighted by molar-refractivity contribution is 9.10. The highest BCUT2D eigenvalue weighted by atomic mass is 79.9. The summed E-state index contributed by atoms with van der Waals surface area (Å²) in [6.07, 6.45) is -3.74. The number of carbonyl (C=O) groups is 2. The summed E-state index contributed by atoms with van der Waals surface area (Å²) < 4.78 is 37.1. The molecule has 1 unspecified atom stereocenters. The minimum Gasteiger partial charge on any atom is -0.329 e. The number of carbonyl (C=O) groups excluding carboxylic acids is 2. The lowest BCUT2D eigenvalue weighted by atomic mass is 10.1. The molecule has 1 rings (SSSR count). The number of amides is 3. The molecule has 1 atom stereocenters. The number of rotatable bonds is 7. The molecular formula is C16H21BrF3N3O2. The SMILES string of the molecule is CCCN(CC(=O)NC(=O)NCC(F)(F)F)C(C)c1ccccc1Br. The Labute approximate surface area is 153 Å². The Morgan fingerprint density at radius 3 is 2.48 bits per heavy atom. The van der Waals surface area contributed by atoms with Gasteiger partial charge in [-0.2, -0.15) is 13.2 Å². The van der Waals surface area contributed by atoms with E-state index in [0.29, 0.717) is 6.54 Å². The molecule has 2 N–H and O–H groups in total. The van der Waals surface area contributed by atoms with Gasteiger partial charge in [-0.1, -0.05) is 41.1 Å². The van der Waals surface area contributed by atoms with Crippen molar-refractivity contribution in [2.45, 2.75) is 32.5 Å². The van der Waals surface area contributed by atoms with Crippen LogP contribution in [0.15, 0.2) is 28.7 Å². The Kier molecular flexibility index (Phi) is 8.37. The zero-order chi connectivity index (χ0) is 19.0. The summed E-state index contributed by atoms with van der Waals surface area (Å²) in [5.74, 6) is -0.660. The van der Waals surface area contributed by atoms with Crippen molar-refractivity contribution in [2.24, 2.45) is 0 Å². The van der Waals surface area contributed by atoms with E-state index < -0.39 is 24.7 Å². The van der Waals surface area contributed by atoms with Crippen molar-refractivity contribution in [3.8, 4) is 0 Å². The van der Waals surface area contributed by atoms with E-state index in [9.17, 15) is 22.8 Å². The number of urea groups is 1. The van der Waals surface area contributed by atoms with Gasteiger partial charge in [-0.3, -0.25) is 15.0 Å². The lowest BCUT2D eigenvalue weighted by Crippen LogP contribution is -2.47. The van der Waals surface area contributed by atoms with Gasteiger partial charge in [-0.15, -0.1) is 0 Å². The first-order chi connectivity index (χ1) is 11.6. The van der Waals surface area contributed by atoms with E-state index >= 15 is 0 Å². The number of imide groups is 1.